The molecule has 2 aromatic rings. The van der Waals surface area contributed by atoms with Gasteiger partial charge in [-0.2, -0.15) is 0 Å². The van der Waals surface area contributed by atoms with Gasteiger partial charge >= 0.3 is 0 Å². The fraction of sp³-hybridized carbons (Fsp3) is 0.458. The SMILES string of the molecule is COc1cc2c(cc1CN[C@H]1CCCN[C@H]1c1ccccc1)N(C)C(=O)CCC2.Cl.Cl. The number of benzene rings is 2. The zero-order chi connectivity index (χ0) is 20.2. The molecule has 0 unspecified atom stereocenters. The Labute approximate surface area is 197 Å². The lowest BCUT2D eigenvalue weighted by Gasteiger charge is -2.34. The van der Waals surface area contributed by atoms with Crippen LogP contribution in [-0.2, 0) is 17.8 Å². The van der Waals surface area contributed by atoms with Crippen LogP contribution in [0, 0.1) is 0 Å². The largest absolute Gasteiger partial charge is 0.496 e. The number of rotatable bonds is 5. The van der Waals surface area contributed by atoms with Gasteiger partial charge in [-0.25, -0.2) is 0 Å². The van der Waals surface area contributed by atoms with E-state index in [2.05, 4.69) is 53.1 Å². The molecule has 0 aromatic heterocycles. The first-order valence-electron chi connectivity index (χ1n) is 10.7. The average Bonchev–Trinajstić information content (AvgIpc) is 2.90. The standard InChI is InChI=1S/C24H31N3O2.2ClH/c1-27-21-14-19(22(29-2)15-18(21)10-6-12-23(27)28)16-26-20-11-7-13-25-24(20)17-8-4-3-5-9-17;;/h3-5,8-9,14-15,20,24-26H,6-7,10-13,16H2,1-2H3;2*1H/t20-,24-;;/m0../s1. The molecule has 0 saturated carbocycles. The Balaban J connectivity index is 0.00000171. The van der Waals surface area contributed by atoms with Gasteiger partial charge in [0.05, 0.1) is 7.11 Å². The van der Waals surface area contributed by atoms with E-state index in [1.807, 2.05) is 7.05 Å². The number of carbonyl (C=O) groups excluding carboxylic acids is 1. The predicted molar refractivity (Wildman–Crippen MR) is 131 cm³/mol. The summed E-state index contributed by atoms with van der Waals surface area (Å²) in [6.07, 6.45) is 4.72. The maximum Gasteiger partial charge on any atom is 0.226 e. The van der Waals surface area contributed by atoms with Crippen molar-refractivity contribution in [3.05, 3.63) is 59.2 Å². The van der Waals surface area contributed by atoms with E-state index in [-0.39, 0.29) is 30.7 Å². The van der Waals surface area contributed by atoms with Gasteiger partial charge in [-0.1, -0.05) is 30.3 Å². The Bertz CT molecular complexity index is 863. The molecular formula is C24H33Cl2N3O2. The summed E-state index contributed by atoms with van der Waals surface area (Å²) in [5.74, 6) is 1.09. The third-order valence-electron chi connectivity index (χ3n) is 6.23. The van der Waals surface area contributed by atoms with Crippen LogP contribution in [0.25, 0.3) is 0 Å². The van der Waals surface area contributed by atoms with Gasteiger partial charge in [0.15, 0.2) is 0 Å². The lowest BCUT2D eigenvalue weighted by Crippen LogP contribution is -2.45. The van der Waals surface area contributed by atoms with Crippen LogP contribution in [0.4, 0.5) is 5.69 Å². The van der Waals surface area contributed by atoms with Gasteiger partial charge in [0, 0.05) is 43.3 Å². The number of piperidine rings is 1. The van der Waals surface area contributed by atoms with Crippen molar-refractivity contribution in [3.8, 4) is 5.75 Å². The minimum absolute atomic E-state index is 0. The van der Waals surface area contributed by atoms with E-state index in [0.717, 1.165) is 42.8 Å². The van der Waals surface area contributed by atoms with Crippen molar-refractivity contribution in [2.24, 2.45) is 0 Å². The Morgan fingerprint density at radius 3 is 2.65 bits per heavy atom. The number of halogens is 2. The van der Waals surface area contributed by atoms with Crippen molar-refractivity contribution >= 4 is 36.4 Å². The Hall–Kier alpha value is -1.79. The fourth-order valence-electron chi connectivity index (χ4n) is 4.59. The summed E-state index contributed by atoms with van der Waals surface area (Å²) in [5.41, 5.74) is 4.64. The first-order valence-corrected chi connectivity index (χ1v) is 10.7. The number of nitrogens with one attached hydrogen (secondary N) is 2. The van der Waals surface area contributed by atoms with Gasteiger partial charge < -0.3 is 20.3 Å². The van der Waals surface area contributed by atoms with Crippen molar-refractivity contribution in [2.45, 2.75) is 50.7 Å². The van der Waals surface area contributed by atoms with E-state index < -0.39 is 0 Å². The molecule has 0 radical (unpaired) electrons. The number of aryl methyl sites for hydroxylation is 1. The van der Waals surface area contributed by atoms with Crippen molar-refractivity contribution < 1.29 is 9.53 Å². The second-order valence-electron chi connectivity index (χ2n) is 8.07. The van der Waals surface area contributed by atoms with Crippen molar-refractivity contribution in [2.75, 3.05) is 25.6 Å². The van der Waals surface area contributed by atoms with E-state index in [9.17, 15) is 4.79 Å². The zero-order valence-corrected chi connectivity index (χ0v) is 19.9. The smallest absolute Gasteiger partial charge is 0.226 e. The number of hydrogen-bond donors (Lipinski definition) is 2. The molecule has 2 atom stereocenters. The maximum atomic E-state index is 12.3. The van der Waals surface area contributed by atoms with Gasteiger partial charge in [0.25, 0.3) is 0 Å². The Morgan fingerprint density at radius 1 is 1.13 bits per heavy atom. The van der Waals surface area contributed by atoms with Crippen LogP contribution >= 0.6 is 24.8 Å². The fourth-order valence-corrected chi connectivity index (χ4v) is 4.59. The molecular weight excluding hydrogens is 433 g/mol. The summed E-state index contributed by atoms with van der Waals surface area (Å²) >= 11 is 0. The number of amides is 1. The molecule has 2 aliphatic heterocycles. The summed E-state index contributed by atoms with van der Waals surface area (Å²) in [6, 6.07) is 15.6. The van der Waals surface area contributed by atoms with Crippen LogP contribution in [0.3, 0.4) is 0 Å². The quantitative estimate of drug-likeness (QED) is 0.685. The van der Waals surface area contributed by atoms with E-state index in [0.29, 0.717) is 25.0 Å². The lowest BCUT2D eigenvalue weighted by atomic mass is 9.92. The Kier molecular flexibility index (Phi) is 9.63. The number of fused-ring (bicyclic) bond motifs is 1. The number of nitrogens with zero attached hydrogens (tertiary/aromatic N) is 1. The molecule has 1 saturated heterocycles. The third-order valence-corrected chi connectivity index (χ3v) is 6.23. The molecule has 5 nitrogen and oxygen atoms in total. The minimum Gasteiger partial charge on any atom is -0.496 e. The van der Waals surface area contributed by atoms with E-state index >= 15 is 0 Å². The number of methoxy groups -OCH3 is 1. The number of ether oxygens (including phenoxy) is 1. The summed E-state index contributed by atoms with van der Waals surface area (Å²) in [6.45, 7) is 1.76. The lowest BCUT2D eigenvalue weighted by molar-refractivity contribution is -0.118. The van der Waals surface area contributed by atoms with Gasteiger partial charge in [0.1, 0.15) is 5.75 Å². The molecule has 0 aliphatic carbocycles. The van der Waals surface area contributed by atoms with Crippen LogP contribution in [-0.4, -0.2) is 32.7 Å². The molecule has 4 rings (SSSR count). The Morgan fingerprint density at radius 2 is 1.90 bits per heavy atom. The summed E-state index contributed by atoms with van der Waals surface area (Å²) < 4.78 is 5.71. The van der Waals surface area contributed by atoms with Gasteiger partial charge in [-0.15, -0.1) is 24.8 Å². The number of anilines is 1. The second-order valence-corrected chi connectivity index (χ2v) is 8.07. The van der Waals surface area contributed by atoms with Gasteiger partial charge in [-0.05, 0) is 55.5 Å². The van der Waals surface area contributed by atoms with Crippen LogP contribution in [0.2, 0.25) is 0 Å². The molecule has 2 N–H and O–H groups in total. The van der Waals surface area contributed by atoms with Crippen molar-refractivity contribution in [1.82, 2.24) is 10.6 Å². The molecule has 31 heavy (non-hydrogen) atoms. The minimum atomic E-state index is 0. The van der Waals surface area contributed by atoms with Crippen LogP contribution in [0.5, 0.6) is 5.75 Å². The molecule has 0 spiro atoms. The summed E-state index contributed by atoms with van der Waals surface area (Å²) in [4.78, 5) is 14.1. The maximum absolute atomic E-state index is 12.3. The second kappa shape index (κ2) is 11.7. The average molecular weight is 466 g/mol. The van der Waals surface area contributed by atoms with Crippen LogP contribution < -0.4 is 20.3 Å². The van der Waals surface area contributed by atoms with Crippen LogP contribution in [0.15, 0.2) is 42.5 Å². The first-order chi connectivity index (χ1) is 14.2. The highest BCUT2D eigenvalue weighted by Crippen LogP contribution is 2.33. The highest BCUT2D eigenvalue weighted by molar-refractivity contribution is 5.94. The predicted octanol–water partition coefficient (Wildman–Crippen LogP) is 4.42. The molecule has 1 amide bonds. The normalized spacial score (nSPS) is 20.7. The van der Waals surface area contributed by atoms with E-state index in [4.69, 9.17) is 4.74 Å². The third kappa shape index (κ3) is 5.72. The summed E-state index contributed by atoms with van der Waals surface area (Å²) in [5, 5.41) is 7.44. The number of hydrogen-bond acceptors (Lipinski definition) is 4. The van der Waals surface area contributed by atoms with Gasteiger partial charge in [0.2, 0.25) is 5.91 Å². The first kappa shape index (κ1) is 25.5. The van der Waals surface area contributed by atoms with Gasteiger partial charge in [-0.3, -0.25) is 4.79 Å². The van der Waals surface area contributed by atoms with E-state index in [1.54, 1.807) is 12.0 Å². The topological polar surface area (TPSA) is 53.6 Å². The molecule has 2 heterocycles. The van der Waals surface area contributed by atoms with Crippen LogP contribution in [0.1, 0.15) is 48.4 Å². The highest BCUT2D eigenvalue weighted by Gasteiger charge is 2.26. The molecule has 2 aromatic carbocycles. The van der Waals surface area contributed by atoms with E-state index in [1.165, 1.54) is 17.5 Å². The zero-order valence-electron chi connectivity index (χ0n) is 18.2. The molecule has 2 aliphatic rings. The van der Waals surface area contributed by atoms with Crippen molar-refractivity contribution in [3.63, 3.8) is 0 Å². The summed E-state index contributed by atoms with van der Waals surface area (Å²) in [7, 11) is 3.61. The highest BCUT2D eigenvalue weighted by atomic mass is 35.5. The molecule has 170 valence electrons. The molecule has 7 heteroatoms. The van der Waals surface area contributed by atoms with Crippen molar-refractivity contribution in [1.29, 1.82) is 0 Å². The molecule has 1 fully saturated rings. The monoisotopic (exact) mass is 465 g/mol. The molecule has 0 bridgehead atoms. The number of carbonyl (C=O) groups is 1.